The van der Waals surface area contributed by atoms with Crippen molar-refractivity contribution in [2.24, 2.45) is 0 Å². The number of nitrogens with zero attached hydrogens (tertiary/aromatic N) is 1. The van der Waals surface area contributed by atoms with Crippen LogP contribution in [0, 0.1) is 15.9 Å². The van der Waals surface area contributed by atoms with Gasteiger partial charge >= 0.3 is 0 Å². The first-order valence-electron chi connectivity index (χ1n) is 5.59. The van der Waals surface area contributed by atoms with Crippen LogP contribution < -0.4 is 5.32 Å². The van der Waals surface area contributed by atoms with Gasteiger partial charge in [0.2, 0.25) is 0 Å². The third kappa shape index (κ3) is 3.46. The average molecular weight is 360 g/mol. The summed E-state index contributed by atoms with van der Waals surface area (Å²) in [4.78, 5) is 10.2. The van der Waals surface area contributed by atoms with Crippen molar-refractivity contribution in [1.29, 1.82) is 0 Å². The largest absolute Gasteiger partial charge is 0.375 e. The molecule has 0 amide bonds. The molecule has 0 atom stereocenters. The van der Waals surface area contributed by atoms with Gasteiger partial charge in [0, 0.05) is 16.0 Å². The van der Waals surface area contributed by atoms with Gasteiger partial charge in [-0.15, -0.1) is 0 Å². The zero-order valence-electron chi connectivity index (χ0n) is 10.1. The zero-order chi connectivity index (χ0) is 14.7. The normalized spacial score (nSPS) is 10.3. The summed E-state index contributed by atoms with van der Waals surface area (Å²) in [6, 6.07) is 8.73. The Bertz CT molecular complexity index is 667. The number of nitro groups is 1. The zero-order valence-corrected chi connectivity index (χ0v) is 12.4. The predicted molar refractivity (Wildman–Crippen MR) is 79.5 cm³/mol. The van der Waals surface area contributed by atoms with E-state index >= 15 is 0 Å². The van der Waals surface area contributed by atoms with Crippen LogP contribution in [0.5, 0.6) is 0 Å². The number of hydrogen-bond donors (Lipinski definition) is 1. The first kappa shape index (κ1) is 14.7. The van der Waals surface area contributed by atoms with E-state index in [1.807, 2.05) is 6.07 Å². The van der Waals surface area contributed by atoms with Crippen molar-refractivity contribution >= 4 is 38.9 Å². The molecule has 0 saturated carbocycles. The molecule has 0 aliphatic carbocycles. The van der Waals surface area contributed by atoms with Crippen LogP contribution in [-0.4, -0.2) is 4.92 Å². The van der Waals surface area contributed by atoms with E-state index in [0.29, 0.717) is 11.6 Å². The van der Waals surface area contributed by atoms with Crippen molar-refractivity contribution in [2.45, 2.75) is 6.54 Å². The number of nitrogens with one attached hydrogen (secondary N) is 1. The molecule has 1 N–H and O–H groups in total. The Balaban J connectivity index is 2.20. The van der Waals surface area contributed by atoms with Crippen LogP contribution in [0.2, 0.25) is 5.02 Å². The van der Waals surface area contributed by atoms with Crippen LogP contribution in [0.25, 0.3) is 0 Å². The topological polar surface area (TPSA) is 55.2 Å². The van der Waals surface area contributed by atoms with Crippen molar-refractivity contribution < 1.29 is 9.31 Å². The molecular formula is C13H9BrClFN2O2. The summed E-state index contributed by atoms with van der Waals surface area (Å²) in [6.45, 7) is 0.304. The van der Waals surface area contributed by atoms with Gasteiger partial charge in [0.25, 0.3) is 5.69 Å². The summed E-state index contributed by atoms with van der Waals surface area (Å²) < 4.78 is 13.9. The molecule has 104 valence electrons. The van der Waals surface area contributed by atoms with Gasteiger partial charge in [-0.25, -0.2) is 4.39 Å². The van der Waals surface area contributed by atoms with E-state index in [1.165, 1.54) is 12.1 Å². The monoisotopic (exact) mass is 358 g/mol. The molecule has 0 bridgehead atoms. The molecule has 4 nitrogen and oxygen atoms in total. The maximum Gasteiger partial charge on any atom is 0.295 e. The quantitative estimate of drug-likeness (QED) is 0.632. The lowest BCUT2D eigenvalue weighted by molar-refractivity contribution is -0.384. The molecule has 2 rings (SSSR count). The van der Waals surface area contributed by atoms with Gasteiger partial charge in [0.05, 0.1) is 11.0 Å². The number of benzene rings is 2. The van der Waals surface area contributed by atoms with Gasteiger partial charge in [0.15, 0.2) is 0 Å². The third-order valence-electron chi connectivity index (χ3n) is 2.64. The number of rotatable bonds is 4. The van der Waals surface area contributed by atoms with Crippen molar-refractivity contribution in [1.82, 2.24) is 0 Å². The molecule has 0 aliphatic rings. The second-order valence-electron chi connectivity index (χ2n) is 4.01. The van der Waals surface area contributed by atoms with E-state index in [1.54, 1.807) is 12.1 Å². The van der Waals surface area contributed by atoms with Gasteiger partial charge in [0.1, 0.15) is 11.5 Å². The van der Waals surface area contributed by atoms with Crippen LogP contribution in [0.1, 0.15) is 5.56 Å². The maximum atomic E-state index is 13.0. The van der Waals surface area contributed by atoms with E-state index in [2.05, 4.69) is 21.2 Å². The first-order valence-corrected chi connectivity index (χ1v) is 6.76. The Morgan fingerprint density at radius 2 is 2.05 bits per heavy atom. The molecule has 0 saturated heterocycles. The van der Waals surface area contributed by atoms with Crippen molar-refractivity contribution in [2.75, 3.05) is 5.32 Å². The third-order valence-corrected chi connectivity index (χ3v) is 3.49. The Hall–Kier alpha value is -1.66. The van der Waals surface area contributed by atoms with Crippen LogP contribution in [0.3, 0.4) is 0 Å². The summed E-state index contributed by atoms with van der Waals surface area (Å²) in [5.74, 6) is -0.649. The molecular weight excluding hydrogens is 351 g/mol. The summed E-state index contributed by atoms with van der Waals surface area (Å²) in [5.41, 5.74) is 0.724. The van der Waals surface area contributed by atoms with Crippen molar-refractivity contribution in [3.8, 4) is 0 Å². The standard InChI is InChI=1S/C13H9BrClFN2O2/c14-9-2-1-8(11(15)5-9)7-17-12-4-3-10(16)6-13(12)18(19)20/h1-6,17H,7H2. The minimum atomic E-state index is -0.649. The highest BCUT2D eigenvalue weighted by Crippen LogP contribution is 2.27. The first-order chi connectivity index (χ1) is 9.47. The maximum absolute atomic E-state index is 13.0. The molecule has 0 unspecified atom stereocenters. The van der Waals surface area contributed by atoms with Crippen LogP contribution in [-0.2, 0) is 6.54 Å². The minimum absolute atomic E-state index is 0.246. The fraction of sp³-hybridized carbons (Fsp3) is 0.0769. The van der Waals surface area contributed by atoms with E-state index in [0.717, 1.165) is 16.1 Å². The number of hydrogen-bond acceptors (Lipinski definition) is 3. The summed E-state index contributed by atoms with van der Waals surface area (Å²) >= 11 is 9.35. The van der Waals surface area contributed by atoms with Crippen molar-refractivity contribution in [3.05, 3.63) is 67.4 Å². The van der Waals surface area contributed by atoms with E-state index < -0.39 is 10.7 Å². The highest BCUT2D eigenvalue weighted by molar-refractivity contribution is 9.10. The van der Waals surface area contributed by atoms with Gasteiger partial charge in [-0.1, -0.05) is 33.6 Å². The fourth-order valence-corrected chi connectivity index (χ4v) is 2.40. The van der Waals surface area contributed by atoms with Crippen molar-refractivity contribution in [3.63, 3.8) is 0 Å². The molecule has 0 spiro atoms. The van der Waals surface area contributed by atoms with Crippen LogP contribution in [0.15, 0.2) is 40.9 Å². The van der Waals surface area contributed by atoms with Gasteiger partial charge < -0.3 is 5.32 Å². The Labute approximate surface area is 127 Å². The lowest BCUT2D eigenvalue weighted by Crippen LogP contribution is -2.03. The lowest BCUT2D eigenvalue weighted by Gasteiger charge is -2.09. The Kier molecular flexibility index (Phi) is 4.57. The van der Waals surface area contributed by atoms with Gasteiger partial charge in [-0.05, 0) is 29.8 Å². The average Bonchev–Trinajstić information content (AvgIpc) is 2.38. The Morgan fingerprint density at radius 1 is 1.30 bits per heavy atom. The second-order valence-corrected chi connectivity index (χ2v) is 5.33. The van der Waals surface area contributed by atoms with Gasteiger partial charge in [-0.2, -0.15) is 0 Å². The summed E-state index contributed by atoms with van der Waals surface area (Å²) in [6.07, 6.45) is 0. The lowest BCUT2D eigenvalue weighted by atomic mass is 10.2. The SMILES string of the molecule is O=[N+]([O-])c1cc(F)ccc1NCc1ccc(Br)cc1Cl. The Morgan fingerprint density at radius 3 is 2.70 bits per heavy atom. The predicted octanol–water partition coefficient (Wildman–Crippen LogP) is 4.76. The number of halogens is 3. The second kappa shape index (κ2) is 6.19. The molecule has 0 aliphatic heterocycles. The van der Waals surface area contributed by atoms with E-state index in [-0.39, 0.29) is 11.4 Å². The molecule has 0 aromatic heterocycles. The van der Waals surface area contributed by atoms with Gasteiger partial charge in [-0.3, -0.25) is 10.1 Å². The summed E-state index contributed by atoms with van der Waals surface area (Å²) in [5, 5.41) is 14.3. The molecule has 0 fully saturated rings. The van der Waals surface area contributed by atoms with Crippen LogP contribution >= 0.6 is 27.5 Å². The van der Waals surface area contributed by atoms with Crippen LogP contribution in [0.4, 0.5) is 15.8 Å². The highest BCUT2D eigenvalue weighted by atomic mass is 79.9. The number of anilines is 1. The molecule has 20 heavy (non-hydrogen) atoms. The fourth-order valence-electron chi connectivity index (χ4n) is 1.66. The molecule has 2 aromatic rings. The molecule has 2 aromatic carbocycles. The van der Waals surface area contributed by atoms with E-state index in [9.17, 15) is 14.5 Å². The molecule has 0 radical (unpaired) electrons. The molecule has 7 heteroatoms. The molecule has 0 heterocycles. The van der Waals surface area contributed by atoms with E-state index in [4.69, 9.17) is 11.6 Å². The highest BCUT2D eigenvalue weighted by Gasteiger charge is 2.14. The number of nitro benzene ring substituents is 1. The minimum Gasteiger partial charge on any atom is -0.375 e. The summed E-state index contributed by atoms with van der Waals surface area (Å²) in [7, 11) is 0. The smallest absolute Gasteiger partial charge is 0.295 e.